The summed E-state index contributed by atoms with van der Waals surface area (Å²) in [4.78, 5) is 25.5. The molecule has 3 atom stereocenters. The first-order valence-corrected chi connectivity index (χ1v) is 8.69. The Hall–Kier alpha value is -2.04. The average Bonchev–Trinajstić information content (AvgIpc) is 2.59. The monoisotopic (exact) mass is 333 g/mol. The standard InChI is InChI=1S/C19H27NO4/c1-4-13(2)15-8-5-6-10-17(15)24-12-18(21)20-11-7-9-16(14(20)3)19(22)23/h5-6,8,10,13-14,16H,4,7,9,11-12H2,1-3H3,(H,22,23)/t13?,14-,16-/m0/s1. The lowest BCUT2D eigenvalue weighted by Gasteiger charge is -2.37. The van der Waals surface area contributed by atoms with E-state index in [1.54, 1.807) is 4.90 Å². The highest BCUT2D eigenvalue weighted by atomic mass is 16.5. The zero-order valence-corrected chi connectivity index (χ0v) is 14.7. The van der Waals surface area contributed by atoms with Gasteiger partial charge in [-0.2, -0.15) is 0 Å². The Balaban J connectivity index is 2.02. The fourth-order valence-electron chi connectivity index (χ4n) is 3.29. The van der Waals surface area contributed by atoms with Crippen LogP contribution in [0, 0.1) is 5.92 Å². The number of hydrogen-bond acceptors (Lipinski definition) is 3. The molecule has 1 aromatic rings. The molecule has 1 fully saturated rings. The van der Waals surface area contributed by atoms with Crippen molar-refractivity contribution in [1.82, 2.24) is 4.90 Å². The number of nitrogens with zero attached hydrogens (tertiary/aromatic N) is 1. The molecule has 5 nitrogen and oxygen atoms in total. The van der Waals surface area contributed by atoms with Crippen LogP contribution in [0.25, 0.3) is 0 Å². The fraction of sp³-hybridized carbons (Fsp3) is 0.579. The van der Waals surface area contributed by atoms with E-state index in [-0.39, 0.29) is 18.6 Å². The van der Waals surface area contributed by atoms with Crippen molar-refractivity contribution in [2.75, 3.05) is 13.2 Å². The summed E-state index contributed by atoms with van der Waals surface area (Å²) in [6.45, 7) is 6.61. The summed E-state index contributed by atoms with van der Waals surface area (Å²) in [5.41, 5.74) is 1.10. The number of aliphatic carboxylic acids is 1. The Kier molecular flexibility index (Phi) is 6.23. The van der Waals surface area contributed by atoms with Gasteiger partial charge in [-0.25, -0.2) is 0 Å². The molecule has 2 rings (SSSR count). The maximum atomic E-state index is 12.5. The molecule has 0 bridgehead atoms. The third-order valence-electron chi connectivity index (χ3n) is 5.04. The first-order valence-electron chi connectivity index (χ1n) is 8.69. The van der Waals surface area contributed by atoms with Gasteiger partial charge in [0, 0.05) is 12.6 Å². The largest absolute Gasteiger partial charge is 0.483 e. The molecule has 0 saturated carbocycles. The summed E-state index contributed by atoms with van der Waals surface area (Å²) in [6.07, 6.45) is 2.34. The van der Waals surface area contributed by atoms with Gasteiger partial charge in [0.1, 0.15) is 5.75 Å². The molecule has 1 unspecified atom stereocenters. The SMILES string of the molecule is CCC(C)c1ccccc1OCC(=O)N1CCC[C@H](C(=O)O)[C@@H]1C. The molecule has 24 heavy (non-hydrogen) atoms. The molecule has 1 amide bonds. The van der Waals surface area contributed by atoms with E-state index in [0.717, 1.165) is 24.2 Å². The predicted molar refractivity (Wildman–Crippen MR) is 92.2 cm³/mol. The molecule has 1 aromatic carbocycles. The molecular weight excluding hydrogens is 306 g/mol. The Morgan fingerprint density at radius 1 is 1.38 bits per heavy atom. The number of carbonyl (C=O) groups excluding carboxylic acids is 1. The highest BCUT2D eigenvalue weighted by Crippen LogP contribution is 2.29. The lowest BCUT2D eigenvalue weighted by molar-refractivity contribution is -0.149. The number of rotatable bonds is 6. The van der Waals surface area contributed by atoms with Crippen LogP contribution in [0.2, 0.25) is 0 Å². The van der Waals surface area contributed by atoms with E-state index < -0.39 is 11.9 Å². The van der Waals surface area contributed by atoms with Crippen molar-refractivity contribution in [3.63, 3.8) is 0 Å². The maximum absolute atomic E-state index is 12.5. The number of carboxylic acids is 1. The van der Waals surface area contributed by atoms with Gasteiger partial charge in [0.15, 0.2) is 6.61 Å². The van der Waals surface area contributed by atoms with Crippen LogP contribution in [0.15, 0.2) is 24.3 Å². The lowest BCUT2D eigenvalue weighted by Crippen LogP contribution is -2.50. The van der Waals surface area contributed by atoms with Gasteiger partial charge in [-0.1, -0.05) is 32.0 Å². The topological polar surface area (TPSA) is 66.8 Å². The van der Waals surface area contributed by atoms with Gasteiger partial charge >= 0.3 is 5.97 Å². The lowest BCUT2D eigenvalue weighted by atomic mass is 9.90. The normalized spacial score (nSPS) is 22.0. The van der Waals surface area contributed by atoms with Crippen LogP contribution >= 0.6 is 0 Å². The minimum atomic E-state index is -0.831. The Labute approximate surface area is 143 Å². The van der Waals surface area contributed by atoms with Crippen LogP contribution < -0.4 is 4.74 Å². The van der Waals surface area contributed by atoms with Gasteiger partial charge in [-0.15, -0.1) is 0 Å². The van der Waals surface area contributed by atoms with Crippen molar-refractivity contribution in [2.45, 2.75) is 52.0 Å². The molecule has 0 aromatic heterocycles. The van der Waals surface area contributed by atoms with Gasteiger partial charge < -0.3 is 14.7 Å². The zero-order chi connectivity index (χ0) is 17.7. The average molecular weight is 333 g/mol. The van der Waals surface area contributed by atoms with Crippen LogP contribution in [-0.4, -0.2) is 41.1 Å². The molecule has 1 aliphatic heterocycles. The molecule has 1 aliphatic rings. The van der Waals surface area contributed by atoms with Crippen molar-refractivity contribution < 1.29 is 19.4 Å². The predicted octanol–water partition coefficient (Wildman–Crippen LogP) is 3.29. The molecular formula is C19H27NO4. The molecule has 0 spiro atoms. The minimum Gasteiger partial charge on any atom is -0.483 e. The van der Waals surface area contributed by atoms with E-state index in [1.807, 2.05) is 31.2 Å². The molecule has 1 saturated heterocycles. The summed E-state index contributed by atoms with van der Waals surface area (Å²) in [6, 6.07) is 7.49. The third kappa shape index (κ3) is 4.08. The van der Waals surface area contributed by atoms with Crippen LogP contribution in [-0.2, 0) is 9.59 Å². The van der Waals surface area contributed by atoms with Crippen LogP contribution in [0.5, 0.6) is 5.75 Å². The van der Waals surface area contributed by atoms with E-state index in [2.05, 4.69) is 13.8 Å². The van der Waals surface area contributed by atoms with Crippen molar-refractivity contribution in [2.24, 2.45) is 5.92 Å². The number of carbonyl (C=O) groups is 2. The Morgan fingerprint density at radius 2 is 2.08 bits per heavy atom. The smallest absolute Gasteiger partial charge is 0.308 e. The first kappa shape index (κ1) is 18.3. The zero-order valence-electron chi connectivity index (χ0n) is 14.7. The van der Waals surface area contributed by atoms with Gasteiger partial charge in [-0.05, 0) is 43.7 Å². The maximum Gasteiger partial charge on any atom is 0.308 e. The van der Waals surface area contributed by atoms with E-state index in [0.29, 0.717) is 18.9 Å². The number of hydrogen-bond donors (Lipinski definition) is 1. The summed E-state index contributed by atoms with van der Waals surface area (Å²) in [5.74, 6) is -0.369. The highest BCUT2D eigenvalue weighted by Gasteiger charge is 2.35. The summed E-state index contributed by atoms with van der Waals surface area (Å²) >= 11 is 0. The van der Waals surface area contributed by atoms with E-state index in [4.69, 9.17) is 4.74 Å². The number of para-hydroxylation sites is 1. The third-order valence-corrected chi connectivity index (χ3v) is 5.04. The molecule has 1 N–H and O–H groups in total. The number of benzene rings is 1. The molecule has 0 aliphatic carbocycles. The summed E-state index contributed by atoms with van der Waals surface area (Å²) in [7, 11) is 0. The van der Waals surface area contributed by atoms with Crippen LogP contribution in [0.3, 0.4) is 0 Å². The molecule has 132 valence electrons. The Morgan fingerprint density at radius 3 is 2.75 bits per heavy atom. The van der Waals surface area contributed by atoms with Gasteiger partial charge in [0.05, 0.1) is 5.92 Å². The van der Waals surface area contributed by atoms with Crippen molar-refractivity contribution in [3.8, 4) is 5.75 Å². The second-order valence-corrected chi connectivity index (χ2v) is 6.55. The number of amides is 1. The fourth-order valence-corrected chi connectivity index (χ4v) is 3.29. The molecule has 5 heteroatoms. The second kappa shape index (κ2) is 8.18. The number of likely N-dealkylation sites (tertiary alicyclic amines) is 1. The second-order valence-electron chi connectivity index (χ2n) is 6.55. The van der Waals surface area contributed by atoms with Crippen LogP contribution in [0.4, 0.5) is 0 Å². The van der Waals surface area contributed by atoms with E-state index >= 15 is 0 Å². The van der Waals surface area contributed by atoms with Crippen molar-refractivity contribution >= 4 is 11.9 Å². The van der Waals surface area contributed by atoms with Gasteiger partial charge in [-0.3, -0.25) is 9.59 Å². The quantitative estimate of drug-likeness (QED) is 0.867. The number of carboxylic acid groups (broad SMARTS) is 1. The van der Waals surface area contributed by atoms with Crippen molar-refractivity contribution in [3.05, 3.63) is 29.8 Å². The highest BCUT2D eigenvalue weighted by molar-refractivity contribution is 5.80. The molecule has 0 radical (unpaired) electrons. The van der Waals surface area contributed by atoms with E-state index in [1.165, 1.54) is 0 Å². The van der Waals surface area contributed by atoms with Gasteiger partial charge in [0.2, 0.25) is 0 Å². The van der Waals surface area contributed by atoms with Gasteiger partial charge in [0.25, 0.3) is 5.91 Å². The number of ether oxygens (including phenoxy) is 1. The van der Waals surface area contributed by atoms with E-state index in [9.17, 15) is 14.7 Å². The number of piperidine rings is 1. The van der Waals surface area contributed by atoms with Crippen molar-refractivity contribution in [1.29, 1.82) is 0 Å². The summed E-state index contributed by atoms with van der Waals surface area (Å²) < 4.78 is 5.78. The minimum absolute atomic E-state index is 0.0515. The molecule has 1 heterocycles. The summed E-state index contributed by atoms with van der Waals surface area (Å²) in [5, 5.41) is 9.27. The van der Waals surface area contributed by atoms with Crippen LogP contribution in [0.1, 0.15) is 51.5 Å². The first-order chi connectivity index (χ1) is 11.5. The Bertz CT molecular complexity index is 586.